The number of aromatic amines is 1. The van der Waals surface area contributed by atoms with E-state index in [0.717, 1.165) is 16.5 Å². The Morgan fingerprint density at radius 1 is 1.10 bits per heavy atom. The Morgan fingerprint density at radius 2 is 1.80 bits per heavy atom. The Morgan fingerprint density at radius 3 is 2.55 bits per heavy atom. The summed E-state index contributed by atoms with van der Waals surface area (Å²) in [5, 5.41) is 10.3. The lowest BCUT2D eigenvalue weighted by Crippen LogP contribution is -1.99. The molecule has 3 rings (SSSR count). The number of aromatic nitrogens is 1. The lowest BCUT2D eigenvalue weighted by molar-refractivity contribution is 0.0692. The average Bonchev–Trinajstić information content (AvgIpc) is 2.86. The fourth-order valence-corrected chi connectivity index (χ4v) is 2.43. The summed E-state index contributed by atoms with van der Waals surface area (Å²) in [7, 11) is 1.58. The first-order chi connectivity index (χ1) is 9.72. The molecule has 1 aromatic heterocycles. The topological polar surface area (TPSA) is 62.3 Å². The van der Waals surface area contributed by atoms with Gasteiger partial charge in [0.25, 0.3) is 0 Å². The third-order valence-electron chi connectivity index (χ3n) is 3.30. The summed E-state index contributed by atoms with van der Waals surface area (Å²) in [5.74, 6) is -0.332. The number of carboxylic acids is 1. The zero-order valence-corrected chi connectivity index (χ0v) is 10.9. The van der Waals surface area contributed by atoms with Crippen molar-refractivity contribution in [2.45, 2.75) is 0 Å². The Labute approximate surface area is 115 Å². The van der Waals surface area contributed by atoms with Gasteiger partial charge in [-0.1, -0.05) is 36.4 Å². The number of carbonyl (C=O) groups is 1. The zero-order chi connectivity index (χ0) is 14.1. The van der Waals surface area contributed by atoms with Crippen molar-refractivity contribution in [2.24, 2.45) is 0 Å². The standard InChI is InChI=1S/C16H13NO3/c1-20-13-9-5-3-7-11(13)14-10-6-2-4-8-12(10)17-15(14)16(18)19/h2-9,17H,1H3,(H,18,19). The predicted molar refractivity (Wildman–Crippen MR) is 77.2 cm³/mol. The summed E-state index contributed by atoms with van der Waals surface area (Å²) in [6.45, 7) is 0. The van der Waals surface area contributed by atoms with Gasteiger partial charge in [0, 0.05) is 22.0 Å². The summed E-state index contributed by atoms with van der Waals surface area (Å²) in [4.78, 5) is 14.5. The summed E-state index contributed by atoms with van der Waals surface area (Å²) in [5.41, 5.74) is 2.40. The second-order valence-corrected chi connectivity index (χ2v) is 4.43. The number of aromatic carboxylic acids is 1. The van der Waals surface area contributed by atoms with Gasteiger partial charge in [-0.25, -0.2) is 4.79 Å². The minimum absolute atomic E-state index is 0.177. The van der Waals surface area contributed by atoms with E-state index in [0.29, 0.717) is 11.3 Å². The third-order valence-corrected chi connectivity index (χ3v) is 3.30. The number of para-hydroxylation sites is 2. The van der Waals surface area contributed by atoms with Crippen molar-refractivity contribution in [3.05, 3.63) is 54.2 Å². The van der Waals surface area contributed by atoms with E-state index in [-0.39, 0.29) is 5.69 Å². The zero-order valence-electron chi connectivity index (χ0n) is 10.9. The molecule has 2 N–H and O–H groups in total. The third kappa shape index (κ3) is 1.82. The average molecular weight is 267 g/mol. The molecule has 0 fully saturated rings. The highest BCUT2D eigenvalue weighted by molar-refractivity contribution is 6.08. The molecule has 0 atom stereocenters. The van der Waals surface area contributed by atoms with Gasteiger partial charge in [-0.15, -0.1) is 0 Å². The van der Waals surface area contributed by atoms with Crippen molar-refractivity contribution >= 4 is 16.9 Å². The molecule has 20 heavy (non-hydrogen) atoms. The van der Waals surface area contributed by atoms with Gasteiger partial charge in [-0.3, -0.25) is 0 Å². The van der Waals surface area contributed by atoms with Crippen molar-refractivity contribution in [1.29, 1.82) is 0 Å². The molecule has 0 aliphatic carbocycles. The predicted octanol–water partition coefficient (Wildman–Crippen LogP) is 3.54. The van der Waals surface area contributed by atoms with Crippen LogP contribution < -0.4 is 4.74 Å². The Hall–Kier alpha value is -2.75. The summed E-state index contributed by atoms with van der Waals surface area (Å²) >= 11 is 0. The molecule has 0 unspecified atom stereocenters. The van der Waals surface area contributed by atoms with Gasteiger partial charge in [0.1, 0.15) is 11.4 Å². The SMILES string of the molecule is COc1ccccc1-c1c(C(=O)O)[nH]c2ccccc12. The molecule has 0 spiro atoms. The van der Waals surface area contributed by atoms with Gasteiger partial charge in [0.05, 0.1) is 7.11 Å². The lowest BCUT2D eigenvalue weighted by Gasteiger charge is -2.08. The molecule has 2 aromatic carbocycles. The highest BCUT2D eigenvalue weighted by Gasteiger charge is 2.20. The first kappa shape index (κ1) is 12.3. The second-order valence-electron chi connectivity index (χ2n) is 4.43. The monoisotopic (exact) mass is 267 g/mol. The van der Waals surface area contributed by atoms with Crippen LogP contribution in [0.3, 0.4) is 0 Å². The van der Waals surface area contributed by atoms with Gasteiger partial charge >= 0.3 is 5.97 Å². The first-order valence-electron chi connectivity index (χ1n) is 6.19. The van der Waals surface area contributed by atoms with Crippen molar-refractivity contribution in [1.82, 2.24) is 4.98 Å². The number of nitrogens with one attached hydrogen (secondary N) is 1. The molecular weight excluding hydrogens is 254 g/mol. The molecule has 100 valence electrons. The molecular formula is C16H13NO3. The quantitative estimate of drug-likeness (QED) is 0.763. The fourth-order valence-electron chi connectivity index (χ4n) is 2.43. The number of carboxylic acid groups (broad SMARTS) is 1. The van der Waals surface area contributed by atoms with Crippen LogP contribution in [-0.4, -0.2) is 23.2 Å². The number of hydrogen-bond donors (Lipinski definition) is 2. The van der Waals surface area contributed by atoms with Crippen LogP contribution >= 0.6 is 0 Å². The van der Waals surface area contributed by atoms with Crippen molar-refractivity contribution in [3.63, 3.8) is 0 Å². The molecule has 4 nitrogen and oxygen atoms in total. The molecule has 0 amide bonds. The van der Waals surface area contributed by atoms with Crippen LogP contribution in [0.4, 0.5) is 0 Å². The number of H-pyrrole nitrogens is 1. The first-order valence-corrected chi connectivity index (χ1v) is 6.19. The van der Waals surface area contributed by atoms with Crippen LogP contribution in [0.1, 0.15) is 10.5 Å². The summed E-state index contributed by atoms with van der Waals surface area (Å²) in [6.07, 6.45) is 0. The van der Waals surface area contributed by atoms with E-state index in [4.69, 9.17) is 4.74 Å². The van der Waals surface area contributed by atoms with E-state index in [1.165, 1.54) is 0 Å². The molecule has 0 radical (unpaired) electrons. The summed E-state index contributed by atoms with van der Waals surface area (Å²) < 4.78 is 5.35. The van der Waals surface area contributed by atoms with Gasteiger partial charge in [0.2, 0.25) is 0 Å². The van der Waals surface area contributed by atoms with E-state index in [2.05, 4.69) is 4.98 Å². The van der Waals surface area contributed by atoms with E-state index in [1.54, 1.807) is 7.11 Å². The van der Waals surface area contributed by atoms with Gasteiger partial charge < -0.3 is 14.8 Å². The van der Waals surface area contributed by atoms with Gasteiger partial charge in [-0.05, 0) is 12.1 Å². The van der Waals surface area contributed by atoms with Crippen LogP contribution in [0.25, 0.3) is 22.0 Å². The minimum atomic E-state index is -0.984. The Bertz CT molecular complexity index is 789. The Balaban J connectivity index is 2.39. The maximum atomic E-state index is 11.5. The number of rotatable bonds is 3. The molecule has 0 saturated heterocycles. The number of benzene rings is 2. The van der Waals surface area contributed by atoms with Crippen LogP contribution in [0, 0.1) is 0 Å². The van der Waals surface area contributed by atoms with Crippen molar-refractivity contribution in [3.8, 4) is 16.9 Å². The number of hydrogen-bond acceptors (Lipinski definition) is 2. The van der Waals surface area contributed by atoms with Crippen LogP contribution in [0.2, 0.25) is 0 Å². The van der Waals surface area contributed by atoms with E-state index < -0.39 is 5.97 Å². The van der Waals surface area contributed by atoms with Crippen LogP contribution in [0.15, 0.2) is 48.5 Å². The van der Waals surface area contributed by atoms with Gasteiger partial charge in [-0.2, -0.15) is 0 Å². The lowest BCUT2D eigenvalue weighted by atomic mass is 10.0. The largest absolute Gasteiger partial charge is 0.496 e. The second kappa shape index (κ2) is 4.74. The maximum Gasteiger partial charge on any atom is 0.352 e. The molecule has 0 aliphatic rings. The normalized spacial score (nSPS) is 10.7. The van der Waals surface area contributed by atoms with Crippen LogP contribution in [0.5, 0.6) is 5.75 Å². The molecule has 0 aliphatic heterocycles. The minimum Gasteiger partial charge on any atom is -0.496 e. The molecule has 4 heteroatoms. The highest BCUT2D eigenvalue weighted by Crippen LogP contribution is 2.37. The fraction of sp³-hybridized carbons (Fsp3) is 0.0625. The van der Waals surface area contributed by atoms with Crippen LogP contribution in [-0.2, 0) is 0 Å². The number of fused-ring (bicyclic) bond motifs is 1. The molecule has 1 heterocycles. The highest BCUT2D eigenvalue weighted by atomic mass is 16.5. The Kier molecular flexibility index (Phi) is 2.91. The summed E-state index contributed by atoms with van der Waals surface area (Å²) in [6, 6.07) is 14.9. The molecule has 3 aromatic rings. The smallest absolute Gasteiger partial charge is 0.352 e. The van der Waals surface area contributed by atoms with Crippen molar-refractivity contribution < 1.29 is 14.6 Å². The van der Waals surface area contributed by atoms with Gasteiger partial charge in [0.15, 0.2) is 0 Å². The van der Waals surface area contributed by atoms with E-state index >= 15 is 0 Å². The molecule has 0 bridgehead atoms. The van der Waals surface area contributed by atoms with Crippen molar-refractivity contribution in [2.75, 3.05) is 7.11 Å². The maximum absolute atomic E-state index is 11.5. The number of methoxy groups -OCH3 is 1. The molecule has 0 saturated carbocycles. The number of ether oxygens (including phenoxy) is 1. The van der Waals surface area contributed by atoms with E-state index in [9.17, 15) is 9.90 Å². The van der Waals surface area contributed by atoms with E-state index in [1.807, 2.05) is 48.5 Å².